The molecule has 0 aliphatic carbocycles. The van der Waals surface area contributed by atoms with Gasteiger partial charge in [-0.3, -0.25) is 0 Å². The van der Waals surface area contributed by atoms with Crippen molar-refractivity contribution < 1.29 is 108 Å². The zero-order chi connectivity index (χ0) is 0. The molecule has 0 aliphatic heterocycles. The van der Waals surface area contributed by atoms with Crippen LogP contribution in [0.4, 0.5) is 0 Å². The fourth-order valence-corrected chi connectivity index (χ4v) is 0. The van der Waals surface area contributed by atoms with Crippen molar-refractivity contribution in [2.75, 3.05) is 0 Å². The molecule has 0 fully saturated rings. The van der Waals surface area contributed by atoms with E-state index in [0.29, 0.717) is 0 Å². The van der Waals surface area contributed by atoms with Gasteiger partial charge in [-0.1, -0.05) is 0 Å². The smallest absolute Gasteiger partial charge is 0 e. The molecule has 0 rings (SSSR count). The Morgan fingerprint density at radius 1 is 1.00 bits per heavy atom. The van der Waals surface area contributed by atoms with Gasteiger partial charge in [-0.15, -0.1) is 0 Å². The molecule has 41 valence electrons. The third-order valence-electron chi connectivity index (χ3n) is 0. The molecule has 0 heterocycles. The van der Waals surface area contributed by atoms with Crippen LogP contribution in [0.25, 0.3) is 0 Å². The van der Waals surface area contributed by atoms with Gasteiger partial charge in [0.15, 0.2) is 0 Å². The molecule has 0 aromatic heterocycles. The Hall–Kier alpha value is 3.56. The summed E-state index contributed by atoms with van der Waals surface area (Å²) < 4.78 is 0. The first-order valence-corrected chi connectivity index (χ1v) is 0. The van der Waals surface area contributed by atoms with E-state index in [2.05, 4.69) is 0 Å². The Morgan fingerprint density at radius 3 is 1.00 bits per heavy atom. The van der Waals surface area contributed by atoms with E-state index >= 15 is 0 Å². The Morgan fingerprint density at radius 2 is 1.00 bits per heavy atom. The van der Waals surface area contributed by atoms with Crippen molar-refractivity contribution in [2.24, 2.45) is 0 Å². The van der Waals surface area contributed by atoms with E-state index in [4.69, 9.17) is 0 Å². The molecule has 0 atom stereocenters. The summed E-state index contributed by atoms with van der Waals surface area (Å²) >= 11 is 0. The van der Waals surface area contributed by atoms with Crippen molar-refractivity contribution in [3.8, 4) is 0 Å². The fraction of sp³-hybridized carbons (Fsp3) is 0. The van der Waals surface area contributed by atoms with Gasteiger partial charge < -0.3 is 0 Å². The molecule has 3 radical (unpaired) electrons. The quantitative estimate of drug-likeness (QED) is 0.310. The molecule has 0 N–H and O–H groups in total. The van der Waals surface area contributed by atoms with E-state index in [0.717, 1.165) is 0 Å². The van der Waals surface area contributed by atoms with Gasteiger partial charge in [-0.25, -0.2) is 0 Å². The molecule has 0 aromatic rings. The van der Waals surface area contributed by atoms with E-state index in [9.17, 15) is 0 Å². The van der Waals surface area contributed by atoms with Gasteiger partial charge in [-0.05, 0) is 0 Å². The van der Waals surface area contributed by atoms with Gasteiger partial charge in [-0.2, -0.15) is 0 Å². The standard InChI is InChI=1S/BH3.Co.Cr.Pt.Re.Y/h1H3;;;;;. The van der Waals surface area contributed by atoms with Crippen LogP contribution in [-0.4, -0.2) is 8.41 Å². The molecule has 0 saturated heterocycles. The molecule has 0 aromatic carbocycles. The van der Waals surface area contributed by atoms with E-state index in [-0.39, 0.29) is 117 Å². The second-order valence-electron chi connectivity index (χ2n) is 0. The van der Waals surface area contributed by atoms with Gasteiger partial charge in [0.2, 0.25) is 0 Å². The normalized spacial score (nSPS) is 0. The number of rotatable bonds is 0. The Labute approximate surface area is 114 Å². The van der Waals surface area contributed by atoms with Crippen molar-refractivity contribution in [2.45, 2.75) is 0 Å². The number of hydrogen-bond donors (Lipinski definition) is 0. The van der Waals surface area contributed by atoms with Gasteiger partial charge >= 0.3 is 0 Å². The van der Waals surface area contributed by atoms with Crippen LogP contribution in [0, 0.1) is 0 Å². The summed E-state index contributed by atoms with van der Waals surface area (Å²) in [6, 6.07) is 0. The van der Waals surface area contributed by atoms with Gasteiger partial charge in [0.1, 0.15) is 0 Å². The Bertz CT molecular complexity index is 15.5. The minimum Gasteiger partial charge on any atom is 0 e. The van der Waals surface area contributed by atoms with Crippen LogP contribution in [0.3, 0.4) is 0 Å². The maximum absolute atomic E-state index is 0. The van der Waals surface area contributed by atoms with Crippen LogP contribution in [0.5, 0.6) is 0 Å². The molecule has 6 heteroatoms. The van der Waals surface area contributed by atoms with Gasteiger partial charge in [0.25, 0.3) is 0 Å². The van der Waals surface area contributed by atoms with Crippen LogP contribution in [-0.2, 0) is 108 Å². The van der Waals surface area contributed by atoms with Crippen molar-refractivity contribution in [3.05, 3.63) is 0 Å². The largest absolute Gasteiger partial charge is 0.0814 e. The third-order valence-corrected chi connectivity index (χ3v) is 0. The van der Waals surface area contributed by atoms with Crippen molar-refractivity contribution in [1.29, 1.82) is 0 Å². The van der Waals surface area contributed by atoms with Crippen molar-refractivity contribution in [1.82, 2.24) is 0 Å². The first kappa shape index (κ1) is 55.3. The predicted molar refractivity (Wildman–Crippen MR) is 9.94 cm³/mol. The van der Waals surface area contributed by atoms with Gasteiger partial charge in [0.05, 0.1) is 8.41 Å². The molecule has 0 unspecified atom stereocenters. The summed E-state index contributed by atoms with van der Waals surface area (Å²) in [6.45, 7) is 0. The summed E-state index contributed by atoms with van der Waals surface area (Å²) in [6.07, 6.45) is 0. The van der Waals surface area contributed by atoms with Crippen molar-refractivity contribution in [3.63, 3.8) is 0 Å². The zero-order valence-corrected chi connectivity index (χ0v) is 12.2. The summed E-state index contributed by atoms with van der Waals surface area (Å²) in [7, 11) is 0. The average molecular weight is 595 g/mol. The zero-order valence-electron chi connectivity index (χ0n) is 2.01. The third kappa shape index (κ3) is 25.7. The average Bonchev–Trinajstić information content (AvgIpc) is 0. The summed E-state index contributed by atoms with van der Waals surface area (Å²) in [5.74, 6) is 0. The minimum absolute atomic E-state index is 0. The van der Waals surface area contributed by atoms with E-state index < -0.39 is 0 Å². The van der Waals surface area contributed by atoms with E-state index in [1.807, 2.05) is 0 Å². The molecular formula is H3BCoCrPtReY. The molecule has 0 amide bonds. The SMILES string of the molecule is B.[Co].[Cr].[Pt].[Re].[Y]. The predicted octanol–water partition coefficient (Wildman–Crippen LogP) is -1.20. The van der Waals surface area contributed by atoms with Crippen LogP contribution >= 0.6 is 0 Å². The van der Waals surface area contributed by atoms with E-state index in [1.54, 1.807) is 0 Å². The first-order chi connectivity index (χ1) is 0. The summed E-state index contributed by atoms with van der Waals surface area (Å²) in [4.78, 5) is 0. The van der Waals surface area contributed by atoms with Crippen LogP contribution in [0.15, 0.2) is 0 Å². The second kappa shape index (κ2) is 38.6. The monoisotopic (exact) mass is 596 g/mol. The summed E-state index contributed by atoms with van der Waals surface area (Å²) in [5.41, 5.74) is 0. The van der Waals surface area contributed by atoms with E-state index in [1.165, 1.54) is 0 Å². The molecule has 0 nitrogen and oxygen atoms in total. The Balaban J connectivity index is 0. The van der Waals surface area contributed by atoms with Crippen LogP contribution < -0.4 is 0 Å². The molecule has 0 saturated carbocycles. The maximum Gasteiger partial charge on any atom is 0.0814 e. The first-order valence-electron chi connectivity index (χ1n) is 0. The summed E-state index contributed by atoms with van der Waals surface area (Å²) in [5, 5.41) is 0. The van der Waals surface area contributed by atoms with Crippen molar-refractivity contribution >= 4 is 8.41 Å². The Kier molecular flexibility index (Phi) is 356. The minimum atomic E-state index is 0. The van der Waals surface area contributed by atoms with Gasteiger partial charge in [0, 0.05) is 108 Å². The molecule has 6 heavy (non-hydrogen) atoms. The topological polar surface area (TPSA) is 0 Å². The molecular weight excluding hydrogens is 592 g/mol. The maximum atomic E-state index is 0. The number of hydrogen-bond acceptors (Lipinski definition) is 0. The molecule has 0 spiro atoms. The fourth-order valence-electron chi connectivity index (χ4n) is 0. The van der Waals surface area contributed by atoms with Crippen LogP contribution in [0.1, 0.15) is 0 Å². The second-order valence-corrected chi connectivity index (χ2v) is 0. The molecule has 0 bridgehead atoms. The van der Waals surface area contributed by atoms with Crippen LogP contribution in [0.2, 0.25) is 0 Å². The molecule has 0 aliphatic rings.